The second-order valence-corrected chi connectivity index (χ2v) is 5.35. The third-order valence-corrected chi connectivity index (χ3v) is 4.09. The monoisotopic (exact) mass is 276 g/mol. The van der Waals surface area contributed by atoms with E-state index in [0.717, 1.165) is 12.2 Å². The zero-order chi connectivity index (χ0) is 14.5. The first-order chi connectivity index (χ1) is 9.67. The molecule has 2 rings (SSSR count). The molecule has 0 atom stereocenters. The van der Waals surface area contributed by atoms with Crippen molar-refractivity contribution in [1.29, 1.82) is 0 Å². The Bertz CT molecular complexity index is 468. The van der Waals surface area contributed by atoms with E-state index in [9.17, 15) is 4.79 Å². The highest BCUT2D eigenvalue weighted by molar-refractivity contribution is 5.97. The molecule has 110 valence electrons. The van der Waals surface area contributed by atoms with E-state index < -0.39 is 0 Å². The van der Waals surface area contributed by atoms with Crippen LogP contribution in [0, 0.1) is 0 Å². The minimum Gasteiger partial charge on any atom is -0.465 e. The quantitative estimate of drug-likeness (QED) is 0.677. The molecule has 1 aromatic carbocycles. The highest BCUT2D eigenvalue weighted by Crippen LogP contribution is 2.31. The number of nitrogens with zero attached hydrogens (tertiary/aromatic N) is 1. The van der Waals surface area contributed by atoms with Gasteiger partial charge < -0.3 is 15.4 Å². The van der Waals surface area contributed by atoms with Gasteiger partial charge in [-0.15, -0.1) is 0 Å². The zero-order valence-electron chi connectivity index (χ0n) is 12.4. The molecule has 1 aliphatic carbocycles. The van der Waals surface area contributed by atoms with E-state index in [2.05, 4.69) is 11.8 Å². The van der Waals surface area contributed by atoms with Crippen molar-refractivity contribution in [2.45, 2.75) is 45.1 Å². The van der Waals surface area contributed by atoms with Crippen LogP contribution >= 0.6 is 0 Å². The Balaban J connectivity index is 2.35. The highest BCUT2D eigenvalue weighted by Gasteiger charge is 2.24. The number of nitrogen functional groups attached to an aromatic ring is 1. The summed E-state index contributed by atoms with van der Waals surface area (Å²) in [4.78, 5) is 14.3. The molecule has 0 amide bonds. The van der Waals surface area contributed by atoms with Crippen molar-refractivity contribution in [2.24, 2.45) is 0 Å². The molecule has 0 heterocycles. The van der Waals surface area contributed by atoms with Crippen LogP contribution in [-0.4, -0.2) is 25.7 Å². The van der Waals surface area contributed by atoms with Crippen LogP contribution in [0.15, 0.2) is 18.2 Å². The topological polar surface area (TPSA) is 55.6 Å². The Labute approximate surface area is 120 Å². The fraction of sp³-hybridized carbons (Fsp3) is 0.562. The maximum atomic E-state index is 12.0. The van der Waals surface area contributed by atoms with Gasteiger partial charge in [0.1, 0.15) is 0 Å². The van der Waals surface area contributed by atoms with Crippen LogP contribution in [0.3, 0.4) is 0 Å². The first-order valence-electron chi connectivity index (χ1n) is 7.41. The van der Waals surface area contributed by atoms with Crippen molar-refractivity contribution in [2.75, 3.05) is 24.3 Å². The molecule has 0 radical (unpaired) electrons. The summed E-state index contributed by atoms with van der Waals surface area (Å²) in [6.07, 6.45) is 6.24. The third kappa shape index (κ3) is 3.06. The fourth-order valence-electron chi connectivity index (χ4n) is 3.10. The summed E-state index contributed by atoms with van der Waals surface area (Å²) in [6.45, 7) is 3.02. The van der Waals surface area contributed by atoms with E-state index in [0.29, 0.717) is 17.3 Å². The number of esters is 1. The Morgan fingerprint density at radius 1 is 1.35 bits per heavy atom. The Morgan fingerprint density at radius 2 is 2.05 bits per heavy atom. The molecule has 4 nitrogen and oxygen atoms in total. The molecule has 20 heavy (non-hydrogen) atoms. The largest absolute Gasteiger partial charge is 0.465 e. The number of anilines is 2. The van der Waals surface area contributed by atoms with Crippen LogP contribution in [0.5, 0.6) is 0 Å². The Morgan fingerprint density at radius 3 is 2.65 bits per heavy atom. The van der Waals surface area contributed by atoms with E-state index in [1.54, 1.807) is 6.07 Å². The Kier molecular flexibility index (Phi) is 4.88. The third-order valence-electron chi connectivity index (χ3n) is 4.09. The lowest BCUT2D eigenvalue weighted by molar-refractivity contribution is 0.0601. The summed E-state index contributed by atoms with van der Waals surface area (Å²) in [6, 6.07) is 6.03. The van der Waals surface area contributed by atoms with Gasteiger partial charge in [-0.1, -0.05) is 19.3 Å². The lowest BCUT2D eigenvalue weighted by Crippen LogP contribution is -2.37. The van der Waals surface area contributed by atoms with E-state index >= 15 is 0 Å². The average molecular weight is 276 g/mol. The fourth-order valence-corrected chi connectivity index (χ4v) is 3.10. The van der Waals surface area contributed by atoms with Gasteiger partial charge in [0.15, 0.2) is 0 Å². The molecule has 0 aromatic heterocycles. The molecule has 1 saturated carbocycles. The number of hydrogen-bond acceptors (Lipinski definition) is 4. The normalized spacial score (nSPS) is 15.9. The summed E-state index contributed by atoms with van der Waals surface area (Å²) < 4.78 is 4.89. The molecule has 0 spiro atoms. The van der Waals surface area contributed by atoms with Crippen LogP contribution in [0.2, 0.25) is 0 Å². The average Bonchev–Trinajstić information content (AvgIpc) is 2.49. The second kappa shape index (κ2) is 6.64. The molecule has 1 fully saturated rings. The maximum Gasteiger partial charge on any atom is 0.340 e. The minimum absolute atomic E-state index is 0.318. The van der Waals surface area contributed by atoms with Gasteiger partial charge in [-0.3, -0.25) is 0 Å². The van der Waals surface area contributed by atoms with Gasteiger partial charge in [-0.25, -0.2) is 4.79 Å². The van der Waals surface area contributed by atoms with Gasteiger partial charge in [-0.2, -0.15) is 0 Å². The predicted molar refractivity (Wildman–Crippen MR) is 82.1 cm³/mol. The Hall–Kier alpha value is -1.71. The molecule has 1 aromatic rings. The van der Waals surface area contributed by atoms with Crippen LogP contribution in [0.25, 0.3) is 0 Å². The number of rotatable bonds is 4. The minimum atomic E-state index is -0.318. The number of benzene rings is 1. The van der Waals surface area contributed by atoms with E-state index in [1.807, 2.05) is 12.1 Å². The van der Waals surface area contributed by atoms with Crippen LogP contribution in [0.4, 0.5) is 11.4 Å². The number of hydrogen-bond donors (Lipinski definition) is 1. The highest BCUT2D eigenvalue weighted by atomic mass is 16.5. The summed E-state index contributed by atoms with van der Waals surface area (Å²) in [5, 5.41) is 0. The molecule has 2 N–H and O–H groups in total. The number of ether oxygens (including phenoxy) is 1. The smallest absolute Gasteiger partial charge is 0.340 e. The lowest BCUT2D eigenvalue weighted by atomic mass is 9.93. The summed E-state index contributed by atoms with van der Waals surface area (Å²) >= 11 is 0. The van der Waals surface area contributed by atoms with Crippen molar-refractivity contribution < 1.29 is 9.53 Å². The predicted octanol–water partition coefficient (Wildman–Crippen LogP) is 3.21. The molecule has 0 bridgehead atoms. The van der Waals surface area contributed by atoms with Gasteiger partial charge in [-0.05, 0) is 38.0 Å². The molecule has 1 aliphatic rings. The second-order valence-electron chi connectivity index (χ2n) is 5.35. The van der Waals surface area contributed by atoms with E-state index in [-0.39, 0.29) is 5.97 Å². The van der Waals surface area contributed by atoms with Gasteiger partial charge in [0.25, 0.3) is 0 Å². The first kappa shape index (κ1) is 14.7. The molecular weight excluding hydrogens is 252 g/mol. The van der Waals surface area contributed by atoms with Crippen molar-refractivity contribution in [1.82, 2.24) is 0 Å². The summed E-state index contributed by atoms with van der Waals surface area (Å²) in [7, 11) is 1.41. The number of methoxy groups -OCH3 is 1. The van der Waals surface area contributed by atoms with Gasteiger partial charge in [0, 0.05) is 18.3 Å². The van der Waals surface area contributed by atoms with E-state index in [4.69, 9.17) is 10.5 Å². The summed E-state index contributed by atoms with van der Waals surface area (Å²) in [5.41, 5.74) is 7.92. The van der Waals surface area contributed by atoms with E-state index in [1.165, 1.54) is 39.2 Å². The van der Waals surface area contributed by atoms with Crippen molar-refractivity contribution in [3.05, 3.63) is 23.8 Å². The van der Waals surface area contributed by atoms with Crippen LogP contribution < -0.4 is 10.6 Å². The molecule has 0 unspecified atom stereocenters. The SMILES string of the molecule is CCN(c1ccc(N)cc1C(=O)OC)C1CCCCC1. The molecule has 0 aliphatic heterocycles. The van der Waals surface area contributed by atoms with Crippen molar-refractivity contribution in [3.8, 4) is 0 Å². The van der Waals surface area contributed by atoms with Crippen LogP contribution in [0.1, 0.15) is 49.4 Å². The summed E-state index contributed by atoms with van der Waals surface area (Å²) in [5.74, 6) is -0.318. The molecule has 0 saturated heterocycles. The van der Waals surface area contributed by atoms with Crippen LogP contribution in [-0.2, 0) is 4.74 Å². The van der Waals surface area contributed by atoms with Gasteiger partial charge >= 0.3 is 5.97 Å². The standard InChI is InChI=1S/C16H24N2O2/c1-3-18(13-7-5-4-6-8-13)15-10-9-12(17)11-14(15)16(19)20-2/h9-11,13H,3-8,17H2,1-2H3. The molecular formula is C16H24N2O2. The van der Waals surface area contributed by atoms with Crippen molar-refractivity contribution >= 4 is 17.3 Å². The number of nitrogens with two attached hydrogens (primary N) is 1. The lowest BCUT2D eigenvalue weighted by Gasteiger charge is -2.36. The number of carbonyl (C=O) groups excluding carboxylic acids is 1. The van der Waals surface area contributed by atoms with Gasteiger partial charge in [0.05, 0.1) is 18.4 Å². The molecule has 4 heteroatoms. The van der Waals surface area contributed by atoms with Crippen molar-refractivity contribution in [3.63, 3.8) is 0 Å². The van der Waals surface area contributed by atoms with Gasteiger partial charge in [0.2, 0.25) is 0 Å². The maximum absolute atomic E-state index is 12.0. The number of carbonyl (C=O) groups is 1. The first-order valence-corrected chi connectivity index (χ1v) is 7.41. The zero-order valence-corrected chi connectivity index (χ0v) is 12.4.